The fourth-order valence-corrected chi connectivity index (χ4v) is 2.08. The highest BCUT2D eigenvalue weighted by Crippen LogP contribution is 2.25. The number of aromatic carboxylic acids is 1. The Labute approximate surface area is 107 Å². The van der Waals surface area contributed by atoms with E-state index in [1.54, 1.807) is 0 Å². The molecule has 0 radical (unpaired) electrons. The van der Waals surface area contributed by atoms with Gasteiger partial charge in [0.15, 0.2) is 11.7 Å². The van der Waals surface area contributed by atoms with Gasteiger partial charge in [-0.3, -0.25) is 0 Å². The number of carboxylic acid groups (broad SMARTS) is 1. The minimum Gasteiger partial charge on any atom is -0.506 e. The van der Waals surface area contributed by atoms with Crippen LogP contribution in [0.15, 0.2) is 27.0 Å². The van der Waals surface area contributed by atoms with E-state index in [0.717, 1.165) is 6.07 Å². The molecule has 100 valence electrons. The van der Waals surface area contributed by atoms with Gasteiger partial charge in [0.2, 0.25) is 0 Å². The van der Waals surface area contributed by atoms with Crippen molar-refractivity contribution in [1.29, 1.82) is 0 Å². The number of phenolic OH excluding ortho intramolecular Hbond substituents is 1. The largest absolute Gasteiger partial charge is 0.506 e. The number of hydrogen-bond donors (Lipinski definition) is 4. The van der Waals surface area contributed by atoms with Gasteiger partial charge in [-0.05, 0) is 18.2 Å². The zero-order valence-electron chi connectivity index (χ0n) is 9.23. The number of nitrogens with one attached hydrogen (secondary N) is 1. The lowest BCUT2D eigenvalue weighted by Crippen LogP contribution is -2.27. The maximum Gasteiger partial charge on any atom is 0.367 e. The second-order valence-electron chi connectivity index (χ2n) is 3.53. The number of benzene rings is 1. The van der Waals surface area contributed by atoms with Gasteiger partial charge in [-0.2, -0.15) is 8.42 Å². The minimum absolute atomic E-state index is 0.0546. The molecule has 1 aliphatic rings. The number of rotatable bonds is 2. The van der Waals surface area contributed by atoms with Crippen LogP contribution in [-0.2, 0) is 10.2 Å². The van der Waals surface area contributed by atoms with E-state index < -0.39 is 16.2 Å². The number of phenols is 1. The average Bonchev–Trinajstić information content (AvgIpc) is 2.54. The van der Waals surface area contributed by atoms with E-state index in [0.29, 0.717) is 0 Å². The molecule has 0 bridgehead atoms. The summed E-state index contributed by atoms with van der Waals surface area (Å²) in [7, 11) is -3.99. The van der Waals surface area contributed by atoms with Gasteiger partial charge in [0, 0.05) is 0 Å². The fraction of sp³-hybridized carbons (Fsp3) is 0. The molecule has 0 aliphatic carbocycles. The summed E-state index contributed by atoms with van der Waals surface area (Å²) in [5.74, 6) is -2.18. The van der Waals surface area contributed by atoms with Crippen molar-refractivity contribution in [3.05, 3.63) is 23.8 Å². The lowest BCUT2D eigenvalue weighted by Gasteiger charge is -2.07. The van der Waals surface area contributed by atoms with E-state index in [4.69, 9.17) is 10.8 Å². The molecule has 1 aromatic carbocycles. The Bertz CT molecular complexity index is 722. The lowest BCUT2D eigenvalue weighted by atomic mass is 10.2. The quantitative estimate of drug-likeness (QED) is 0.534. The molecule has 1 aliphatic heterocycles. The Morgan fingerprint density at radius 2 is 2.00 bits per heavy atom. The highest BCUT2D eigenvalue weighted by atomic mass is 32.2. The van der Waals surface area contributed by atoms with Gasteiger partial charge in [0.05, 0.1) is 11.3 Å². The summed E-state index contributed by atoms with van der Waals surface area (Å²) in [5, 5.41) is 20.8. The van der Waals surface area contributed by atoms with Crippen molar-refractivity contribution < 1.29 is 23.4 Å². The predicted molar refractivity (Wildman–Crippen MR) is 66.7 cm³/mol. The van der Waals surface area contributed by atoms with Crippen molar-refractivity contribution in [2.45, 2.75) is 0 Å². The predicted octanol–water partition coefficient (Wildman–Crippen LogP) is -0.484. The molecule has 0 spiro atoms. The topological polar surface area (TPSA) is 154 Å². The number of hydrogen-bond acceptors (Lipinski definition) is 6. The third-order valence-electron chi connectivity index (χ3n) is 2.16. The minimum atomic E-state index is -3.99. The molecule has 0 amide bonds. The maximum atomic E-state index is 11.0. The summed E-state index contributed by atoms with van der Waals surface area (Å²) in [6.07, 6.45) is 0. The SMILES string of the molecule is NC1=NS(=O)(=O)N=C1Nc1ccc(C(=O)O)cc1O. The van der Waals surface area contributed by atoms with Crippen molar-refractivity contribution >= 4 is 33.5 Å². The van der Waals surface area contributed by atoms with Gasteiger partial charge >= 0.3 is 16.2 Å². The molecule has 19 heavy (non-hydrogen) atoms. The van der Waals surface area contributed by atoms with E-state index in [1.165, 1.54) is 12.1 Å². The number of nitrogens with two attached hydrogens (primary N) is 1. The Morgan fingerprint density at radius 3 is 2.47 bits per heavy atom. The molecule has 10 heteroatoms. The lowest BCUT2D eigenvalue weighted by molar-refractivity contribution is 0.0696. The van der Waals surface area contributed by atoms with Crippen LogP contribution in [0.2, 0.25) is 0 Å². The highest BCUT2D eigenvalue weighted by Gasteiger charge is 2.22. The first-order chi connectivity index (χ1) is 8.78. The van der Waals surface area contributed by atoms with Gasteiger partial charge in [0.25, 0.3) is 0 Å². The molecule has 2 rings (SSSR count). The van der Waals surface area contributed by atoms with Crippen LogP contribution in [0.25, 0.3) is 0 Å². The summed E-state index contributed by atoms with van der Waals surface area (Å²) >= 11 is 0. The first kappa shape index (κ1) is 12.8. The molecule has 1 heterocycles. The normalized spacial score (nSPS) is 16.6. The molecule has 1 aromatic rings. The molecule has 5 N–H and O–H groups in total. The van der Waals surface area contributed by atoms with Gasteiger partial charge < -0.3 is 21.3 Å². The zero-order chi connectivity index (χ0) is 14.2. The highest BCUT2D eigenvalue weighted by molar-refractivity contribution is 7.89. The fourth-order valence-electron chi connectivity index (χ4n) is 1.33. The Kier molecular flexibility index (Phi) is 2.86. The number of carboxylic acids is 1. The van der Waals surface area contributed by atoms with Crippen LogP contribution in [0.5, 0.6) is 5.75 Å². The molecule has 0 saturated heterocycles. The third-order valence-corrected chi connectivity index (χ3v) is 3.00. The molecular weight excluding hydrogens is 276 g/mol. The summed E-state index contributed by atoms with van der Waals surface area (Å²) in [4.78, 5) is 10.7. The molecule has 0 aromatic heterocycles. The van der Waals surface area contributed by atoms with Crippen molar-refractivity contribution in [3.8, 4) is 5.75 Å². The summed E-state index contributed by atoms with van der Waals surface area (Å²) in [6, 6.07) is 3.48. The summed E-state index contributed by atoms with van der Waals surface area (Å²) < 4.78 is 28.4. The van der Waals surface area contributed by atoms with E-state index in [2.05, 4.69) is 14.1 Å². The maximum absolute atomic E-state index is 11.0. The van der Waals surface area contributed by atoms with Crippen LogP contribution < -0.4 is 11.1 Å². The first-order valence-electron chi connectivity index (χ1n) is 4.82. The Morgan fingerprint density at radius 1 is 1.32 bits per heavy atom. The molecule has 0 unspecified atom stereocenters. The Balaban J connectivity index is 2.32. The van der Waals surface area contributed by atoms with Crippen LogP contribution in [-0.4, -0.2) is 36.3 Å². The van der Waals surface area contributed by atoms with E-state index in [1.807, 2.05) is 0 Å². The molecular formula is C9H8N4O5S. The van der Waals surface area contributed by atoms with E-state index in [-0.39, 0.29) is 28.7 Å². The third kappa shape index (κ3) is 2.63. The molecule has 0 saturated carbocycles. The molecule has 0 atom stereocenters. The standard InChI is InChI=1S/C9H8N4O5S/c10-7-8(13-19(17,18)12-7)11-5-2-1-4(9(15)16)3-6(5)14/h1-3,14H,(H2,10,12)(H,11,13)(H,15,16). The van der Waals surface area contributed by atoms with Crippen molar-refractivity contribution in [2.75, 3.05) is 5.32 Å². The zero-order valence-corrected chi connectivity index (χ0v) is 10.0. The smallest absolute Gasteiger partial charge is 0.367 e. The van der Waals surface area contributed by atoms with Crippen LogP contribution in [0.4, 0.5) is 5.69 Å². The average molecular weight is 284 g/mol. The van der Waals surface area contributed by atoms with Crippen LogP contribution >= 0.6 is 0 Å². The van der Waals surface area contributed by atoms with E-state index >= 15 is 0 Å². The second-order valence-corrected chi connectivity index (χ2v) is 4.79. The van der Waals surface area contributed by atoms with Crippen LogP contribution in [0.3, 0.4) is 0 Å². The first-order valence-corrected chi connectivity index (χ1v) is 6.22. The van der Waals surface area contributed by atoms with Crippen molar-refractivity contribution in [1.82, 2.24) is 0 Å². The van der Waals surface area contributed by atoms with Crippen molar-refractivity contribution in [2.24, 2.45) is 14.5 Å². The molecule has 0 fully saturated rings. The van der Waals surface area contributed by atoms with Gasteiger partial charge in [-0.15, -0.1) is 8.80 Å². The number of amidine groups is 2. The number of nitrogens with zero attached hydrogens (tertiary/aromatic N) is 2. The van der Waals surface area contributed by atoms with Crippen LogP contribution in [0, 0.1) is 0 Å². The van der Waals surface area contributed by atoms with Gasteiger partial charge in [0.1, 0.15) is 5.75 Å². The van der Waals surface area contributed by atoms with E-state index in [9.17, 15) is 18.3 Å². The summed E-state index contributed by atoms with van der Waals surface area (Å²) in [5.41, 5.74) is 5.27. The monoisotopic (exact) mass is 284 g/mol. The summed E-state index contributed by atoms with van der Waals surface area (Å²) in [6.45, 7) is 0. The van der Waals surface area contributed by atoms with Gasteiger partial charge in [-0.1, -0.05) is 0 Å². The Hall–Kier alpha value is -2.62. The second kappa shape index (κ2) is 4.24. The van der Waals surface area contributed by atoms with Crippen LogP contribution in [0.1, 0.15) is 10.4 Å². The van der Waals surface area contributed by atoms with Crippen molar-refractivity contribution in [3.63, 3.8) is 0 Å². The number of anilines is 1. The van der Waals surface area contributed by atoms with Gasteiger partial charge in [-0.25, -0.2) is 4.79 Å². The number of carbonyl (C=O) groups is 1. The number of aromatic hydroxyl groups is 1. The molecule has 9 nitrogen and oxygen atoms in total.